The van der Waals surface area contributed by atoms with E-state index in [1.165, 1.54) is 38.5 Å². The Labute approximate surface area is 200 Å². The molecule has 1 heterocycles. The number of aliphatic imine (C=N–C) groups is 1. The summed E-state index contributed by atoms with van der Waals surface area (Å²) in [5.74, 6) is 2.13. The molecule has 5 rings (SSSR count). The van der Waals surface area contributed by atoms with Crippen LogP contribution in [-0.4, -0.2) is 44.8 Å². The molecule has 1 aromatic rings. The van der Waals surface area contributed by atoms with Crippen LogP contribution in [0.2, 0.25) is 0 Å². The van der Waals surface area contributed by atoms with Gasteiger partial charge in [0.25, 0.3) is 0 Å². The molecule has 9 heteroatoms. The lowest BCUT2D eigenvalue weighted by Gasteiger charge is -2.57. The molecule has 34 heavy (non-hydrogen) atoms. The maximum absolute atomic E-state index is 12.0. The van der Waals surface area contributed by atoms with Crippen molar-refractivity contribution in [2.45, 2.75) is 83.8 Å². The van der Waals surface area contributed by atoms with Crippen LogP contribution in [0, 0.1) is 23.2 Å². The van der Waals surface area contributed by atoms with Crippen LogP contribution in [0.5, 0.6) is 0 Å². The Hall–Kier alpha value is -2.68. The molecule has 4 bridgehead atoms. The number of carbonyl (C=O) groups excluding carboxylic acids is 1. The summed E-state index contributed by atoms with van der Waals surface area (Å²) in [5, 5.41) is 21.8. The fourth-order valence-electron chi connectivity index (χ4n) is 6.64. The lowest BCUT2D eigenvalue weighted by molar-refractivity contribution is -0.139. The number of amides is 1. The number of hydrogen-bond acceptors (Lipinski definition) is 6. The topological polar surface area (TPSA) is 133 Å². The van der Waals surface area contributed by atoms with Gasteiger partial charge in [0.15, 0.2) is 5.82 Å². The molecule has 1 amide bonds. The second kappa shape index (κ2) is 9.52. The molecule has 1 aromatic heterocycles. The van der Waals surface area contributed by atoms with Gasteiger partial charge in [0.05, 0.1) is 0 Å². The highest BCUT2D eigenvalue weighted by atomic mass is 16.6. The number of ether oxygens (including phenoxy) is 1. The first-order chi connectivity index (χ1) is 16.0. The average Bonchev–Trinajstić information content (AvgIpc) is 2.70. The number of aromatic nitrogens is 1. The molecule has 9 nitrogen and oxygen atoms in total. The van der Waals surface area contributed by atoms with Crippen molar-refractivity contribution in [3.8, 4) is 0 Å². The number of amidine groups is 1. The summed E-state index contributed by atoms with van der Waals surface area (Å²) < 4.78 is 5.18. The number of hydroxylamine groups is 1. The minimum atomic E-state index is -1.16. The smallest absolute Gasteiger partial charge is 0.408 e. The molecule has 0 spiro atoms. The van der Waals surface area contributed by atoms with E-state index < -0.39 is 23.7 Å². The van der Waals surface area contributed by atoms with Crippen molar-refractivity contribution in [1.82, 2.24) is 15.8 Å². The van der Waals surface area contributed by atoms with E-state index in [1.54, 1.807) is 39.1 Å². The number of hydrogen-bond donors (Lipinski definition) is 4. The van der Waals surface area contributed by atoms with Gasteiger partial charge in [-0.05, 0) is 100 Å². The third-order valence-corrected chi connectivity index (χ3v) is 7.32. The average molecular weight is 473 g/mol. The van der Waals surface area contributed by atoms with Crippen LogP contribution < -0.4 is 10.8 Å². The van der Waals surface area contributed by atoms with Gasteiger partial charge >= 0.3 is 12.1 Å². The monoisotopic (exact) mass is 472 g/mol. The number of pyridine rings is 1. The van der Waals surface area contributed by atoms with E-state index in [1.807, 2.05) is 0 Å². The first kappa shape index (κ1) is 24.4. The van der Waals surface area contributed by atoms with E-state index in [-0.39, 0.29) is 11.8 Å². The SMILES string of the molecule is CC(C)(C)OC(=O)N[C@@H](Cc1ccnc(N=C(CC23CC4CC(CC(C4)C2)C3)NO)c1)C(=O)O. The summed E-state index contributed by atoms with van der Waals surface area (Å²) in [5.41, 5.74) is 2.43. The molecule has 4 aliphatic rings. The molecule has 4 N–H and O–H groups in total. The predicted octanol–water partition coefficient (Wildman–Crippen LogP) is 4.22. The van der Waals surface area contributed by atoms with Gasteiger partial charge in [0.2, 0.25) is 0 Å². The number of aliphatic carboxylic acids is 1. The highest BCUT2D eigenvalue weighted by Gasteiger charge is 2.51. The van der Waals surface area contributed by atoms with Gasteiger partial charge in [0, 0.05) is 19.0 Å². The Morgan fingerprint density at radius 3 is 2.35 bits per heavy atom. The lowest BCUT2D eigenvalue weighted by atomic mass is 9.49. The minimum absolute atomic E-state index is 0.0521. The van der Waals surface area contributed by atoms with Crippen molar-refractivity contribution in [2.24, 2.45) is 28.2 Å². The number of rotatable bonds is 7. The van der Waals surface area contributed by atoms with E-state index >= 15 is 0 Å². The van der Waals surface area contributed by atoms with Crippen LogP contribution in [-0.2, 0) is 16.0 Å². The van der Waals surface area contributed by atoms with Gasteiger partial charge in [-0.1, -0.05) is 0 Å². The number of nitrogens with one attached hydrogen (secondary N) is 2. The highest BCUT2D eigenvalue weighted by Crippen LogP contribution is 2.61. The van der Waals surface area contributed by atoms with Crippen molar-refractivity contribution >= 4 is 23.7 Å². The Balaban J connectivity index is 1.44. The van der Waals surface area contributed by atoms with Crippen molar-refractivity contribution in [3.05, 3.63) is 23.9 Å². The fraction of sp³-hybridized carbons (Fsp3) is 0.680. The van der Waals surface area contributed by atoms with E-state index in [9.17, 15) is 19.9 Å². The van der Waals surface area contributed by atoms with Crippen LogP contribution in [0.4, 0.5) is 10.6 Å². The standard InChI is InChI=1S/C25H36N4O5/c1-24(2,3)34-23(32)27-19(22(30)31)9-15-4-5-26-20(10-15)28-21(29-33)14-25-11-16-6-17(12-25)8-18(7-16)13-25/h4-5,10,16-19,33H,6-9,11-14H2,1-3H3,(H,27,32)(H,30,31)(H,26,28,29)/t16?,17?,18?,19-,25?/m0/s1. The summed E-state index contributed by atoms with van der Waals surface area (Å²) in [6, 6.07) is 2.22. The first-order valence-electron chi connectivity index (χ1n) is 12.2. The highest BCUT2D eigenvalue weighted by molar-refractivity contribution is 5.84. The summed E-state index contributed by atoms with van der Waals surface area (Å²) in [6.07, 6.45) is 9.16. The van der Waals surface area contributed by atoms with Gasteiger partial charge in [-0.2, -0.15) is 0 Å². The van der Waals surface area contributed by atoms with Crippen molar-refractivity contribution in [3.63, 3.8) is 0 Å². The van der Waals surface area contributed by atoms with Crippen molar-refractivity contribution < 1.29 is 24.6 Å². The summed E-state index contributed by atoms with van der Waals surface area (Å²) >= 11 is 0. The van der Waals surface area contributed by atoms with Crippen LogP contribution >= 0.6 is 0 Å². The Bertz CT molecular complexity index is 920. The molecule has 0 radical (unpaired) electrons. The van der Waals surface area contributed by atoms with Gasteiger partial charge < -0.3 is 15.2 Å². The van der Waals surface area contributed by atoms with Crippen LogP contribution in [0.1, 0.15) is 71.3 Å². The summed E-state index contributed by atoms with van der Waals surface area (Å²) in [7, 11) is 0. The van der Waals surface area contributed by atoms with E-state index in [2.05, 4.69) is 20.8 Å². The van der Waals surface area contributed by atoms with Gasteiger partial charge in [-0.3, -0.25) is 10.7 Å². The Kier molecular flexibility index (Phi) is 6.85. The third-order valence-electron chi connectivity index (χ3n) is 7.32. The summed E-state index contributed by atoms with van der Waals surface area (Å²) in [6.45, 7) is 5.14. The van der Waals surface area contributed by atoms with Gasteiger partial charge in [0.1, 0.15) is 17.5 Å². The molecular weight excluding hydrogens is 436 g/mol. The second-order valence-electron chi connectivity index (χ2n) is 11.5. The van der Waals surface area contributed by atoms with E-state index in [0.717, 1.165) is 17.8 Å². The lowest BCUT2D eigenvalue weighted by Crippen LogP contribution is -2.47. The molecule has 0 aliphatic heterocycles. The maximum atomic E-state index is 12.0. The normalized spacial score (nSPS) is 28.9. The van der Waals surface area contributed by atoms with Crippen LogP contribution in [0.25, 0.3) is 0 Å². The zero-order chi connectivity index (χ0) is 24.5. The molecular formula is C25H36N4O5. The van der Waals surface area contributed by atoms with Crippen molar-refractivity contribution in [1.29, 1.82) is 0 Å². The quantitative estimate of drug-likeness (QED) is 0.265. The third kappa shape index (κ3) is 6.05. The molecule has 4 fully saturated rings. The molecule has 4 aliphatic carbocycles. The number of carboxylic acid groups (broad SMARTS) is 1. The number of carbonyl (C=O) groups is 2. The van der Waals surface area contributed by atoms with Gasteiger partial charge in [-0.25, -0.2) is 19.6 Å². The fourth-order valence-corrected chi connectivity index (χ4v) is 6.64. The van der Waals surface area contributed by atoms with Crippen LogP contribution in [0.15, 0.2) is 23.3 Å². The van der Waals surface area contributed by atoms with Gasteiger partial charge in [-0.15, -0.1) is 0 Å². The maximum Gasteiger partial charge on any atom is 0.408 e. The Morgan fingerprint density at radius 2 is 1.82 bits per heavy atom. The predicted molar refractivity (Wildman–Crippen MR) is 126 cm³/mol. The Morgan fingerprint density at radius 1 is 1.21 bits per heavy atom. The molecule has 0 aromatic carbocycles. The van der Waals surface area contributed by atoms with E-state index in [4.69, 9.17) is 4.74 Å². The molecule has 186 valence electrons. The zero-order valence-electron chi connectivity index (χ0n) is 20.2. The number of carboxylic acids is 1. The molecule has 1 atom stereocenters. The van der Waals surface area contributed by atoms with Crippen LogP contribution in [0.3, 0.4) is 0 Å². The first-order valence-corrected chi connectivity index (χ1v) is 12.2. The number of nitrogens with zero attached hydrogens (tertiary/aromatic N) is 2. The largest absolute Gasteiger partial charge is 0.480 e. The second-order valence-corrected chi connectivity index (χ2v) is 11.5. The number of alkyl carbamates (subject to hydrolysis) is 1. The summed E-state index contributed by atoms with van der Waals surface area (Å²) in [4.78, 5) is 32.6. The zero-order valence-corrected chi connectivity index (χ0v) is 20.2. The molecule has 0 unspecified atom stereocenters. The minimum Gasteiger partial charge on any atom is -0.480 e. The molecule has 0 saturated heterocycles. The van der Waals surface area contributed by atoms with E-state index in [0.29, 0.717) is 23.6 Å². The molecule has 4 saturated carbocycles. The van der Waals surface area contributed by atoms with Crippen molar-refractivity contribution in [2.75, 3.05) is 0 Å².